The molecule has 1 aromatic heterocycles. The molecule has 0 aliphatic rings. The number of hydrogen-bond acceptors (Lipinski definition) is 4. The van der Waals surface area contributed by atoms with Gasteiger partial charge in [0.25, 0.3) is 5.91 Å². The Morgan fingerprint density at radius 3 is 2.70 bits per heavy atom. The predicted octanol–water partition coefficient (Wildman–Crippen LogP) is 1.50. The monoisotopic (exact) mass is 282 g/mol. The third kappa shape index (κ3) is 4.23. The van der Waals surface area contributed by atoms with E-state index in [4.69, 9.17) is 10.8 Å². The quantitative estimate of drug-likeness (QED) is 0.672. The molecule has 0 unspecified atom stereocenters. The molecule has 0 spiro atoms. The molecule has 0 bridgehead atoms. The Balaban J connectivity index is 2.74. The van der Waals surface area contributed by atoms with Gasteiger partial charge in [0.15, 0.2) is 0 Å². The van der Waals surface area contributed by atoms with Crippen LogP contribution in [0.3, 0.4) is 0 Å². The SMILES string of the molecule is CCCCCCN(CCO)C(=O)c1c(N)cnn1CC. The van der Waals surface area contributed by atoms with Crippen LogP contribution in [-0.4, -0.2) is 45.4 Å². The molecule has 0 saturated heterocycles. The van der Waals surface area contributed by atoms with Gasteiger partial charge in [0.05, 0.1) is 18.5 Å². The maximum absolute atomic E-state index is 12.5. The van der Waals surface area contributed by atoms with Crippen LogP contribution in [0.1, 0.15) is 50.0 Å². The van der Waals surface area contributed by atoms with E-state index in [9.17, 15) is 4.79 Å². The maximum atomic E-state index is 12.5. The van der Waals surface area contributed by atoms with Gasteiger partial charge in [-0.1, -0.05) is 26.2 Å². The van der Waals surface area contributed by atoms with Gasteiger partial charge >= 0.3 is 0 Å². The molecule has 3 N–H and O–H groups in total. The summed E-state index contributed by atoms with van der Waals surface area (Å²) in [7, 11) is 0. The first-order valence-electron chi connectivity index (χ1n) is 7.37. The third-order valence-corrected chi connectivity index (χ3v) is 3.31. The standard InChI is InChI=1S/C14H26N4O2/c1-3-5-6-7-8-17(9-10-19)14(20)13-12(15)11-16-18(13)4-2/h11,19H,3-10,15H2,1-2H3. The van der Waals surface area contributed by atoms with Crippen LogP contribution in [0.15, 0.2) is 6.20 Å². The molecule has 0 aliphatic carbocycles. The molecule has 0 aliphatic heterocycles. The summed E-state index contributed by atoms with van der Waals surface area (Å²) in [6.45, 7) is 5.60. The smallest absolute Gasteiger partial charge is 0.274 e. The molecule has 6 heteroatoms. The van der Waals surface area contributed by atoms with E-state index < -0.39 is 0 Å². The average molecular weight is 282 g/mol. The number of nitrogens with zero attached hydrogens (tertiary/aromatic N) is 3. The molecule has 6 nitrogen and oxygen atoms in total. The van der Waals surface area contributed by atoms with Crippen LogP contribution < -0.4 is 5.73 Å². The van der Waals surface area contributed by atoms with Crippen molar-refractivity contribution in [1.29, 1.82) is 0 Å². The van der Waals surface area contributed by atoms with Crippen molar-refractivity contribution < 1.29 is 9.90 Å². The fraction of sp³-hybridized carbons (Fsp3) is 0.714. The van der Waals surface area contributed by atoms with E-state index in [1.165, 1.54) is 6.20 Å². The van der Waals surface area contributed by atoms with E-state index in [0.717, 1.165) is 25.7 Å². The van der Waals surface area contributed by atoms with Crippen LogP contribution in [0.5, 0.6) is 0 Å². The largest absolute Gasteiger partial charge is 0.396 e. The molecule has 1 aromatic rings. The molecular weight excluding hydrogens is 256 g/mol. The van der Waals surface area contributed by atoms with Crippen molar-refractivity contribution in [1.82, 2.24) is 14.7 Å². The number of unbranched alkanes of at least 4 members (excludes halogenated alkanes) is 3. The Labute approximate surface area is 120 Å². The minimum absolute atomic E-state index is 0.0420. The molecule has 1 amide bonds. The highest BCUT2D eigenvalue weighted by atomic mass is 16.3. The molecule has 0 saturated carbocycles. The molecule has 114 valence electrons. The normalized spacial score (nSPS) is 10.8. The van der Waals surface area contributed by atoms with Crippen LogP contribution in [-0.2, 0) is 6.54 Å². The molecule has 0 fully saturated rings. The number of hydrogen-bond donors (Lipinski definition) is 2. The summed E-state index contributed by atoms with van der Waals surface area (Å²) in [6, 6.07) is 0. The first kappa shape index (κ1) is 16.5. The van der Waals surface area contributed by atoms with Gasteiger partial charge < -0.3 is 15.7 Å². The van der Waals surface area contributed by atoms with Gasteiger partial charge in [-0.3, -0.25) is 9.48 Å². The van der Waals surface area contributed by atoms with E-state index >= 15 is 0 Å². The van der Waals surface area contributed by atoms with Crippen LogP contribution >= 0.6 is 0 Å². The number of nitrogen functional groups attached to an aromatic ring is 1. The minimum Gasteiger partial charge on any atom is -0.396 e. The molecular formula is C14H26N4O2. The van der Waals surface area contributed by atoms with Crippen LogP contribution in [0.4, 0.5) is 5.69 Å². The van der Waals surface area contributed by atoms with Crippen molar-refractivity contribution in [3.05, 3.63) is 11.9 Å². The zero-order valence-corrected chi connectivity index (χ0v) is 12.5. The summed E-state index contributed by atoms with van der Waals surface area (Å²) in [5, 5.41) is 13.2. The van der Waals surface area contributed by atoms with E-state index in [1.807, 2.05) is 6.92 Å². The first-order valence-corrected chi connectivity index (χ1v) is 7.37. The second-order valence-corrected chi connectivity index (χ2v) is 4.84. The number of amides is 1. The number of aliphatic hydroxyl groups excluding tert-OH is 1. The molecule has 0 aromatic carbocycles. The second-order valence-electron chi connectivity index (χ2n) is 4.84. The number of aliphatic hydroxyl groups is 1. The highest BCUT2D eigenvalue weighted by Gasteiger charge is 2.21. The van der Waals surface area contributed by atoms with Crippen molar-refractivity contribution in [3.8, 4) is 0 Å². The zero-order chi connectivity index (χ0) is 15.0. The summed E-state index contributed by atoms with van der Waals surface area (Å²) < 4.78 is 1.61. The van der Waals surface area contributed by atoms with Gasteiger partial charge in [-0.25, -0.2) is 0 Å². The van der Waals surface area contributed by atoms with E-state index in [1.54, 1.807) is 9.58 Å². The Kier molecular flexibility index (Phi) is 7.08. The highest BCUT2D eigenvalue weighted by Crippen LogP contribution is 2.14. The fourth-order valence-electron chi connectivity index (χ4n) is 2.19. The number of carbonyl (C=O) groups is 1. The molecule has 1 rings (SSSR count). The first-order chi connectivity index (χ1) is 9.65. The summed E-state index contributed by atoms with van der Waals surface area (Å²) in [6.07, 6.45) is 5.86. The Hall–Kier alpha value is -1.56. The number of aryl methyl sites for hydroxylation is 1. The van der Waals surface area contributed by atoms with Gasteiger partial charge in [-0.2, -0.15) is 5.10 Å². The Bertz CT molecular complexity index is 417. The van der Waals surface area contributed by atoms with Gasteiger partial charge in [0.2, 0.25) is 0 Å². The number of anilines is 1. The van der Waals surface area contributed by atoms with Crippen molar-refractivity contribution >= 4 is 11.6 Å². The number of rotatable bonds is 9. The van der Waals surface area contributed by atoms with E-state index in [-0.39, 0.29) is 12.5 Å². The van der Waals surface area contributed by atoms with Crippen molar-refractivity contribution in [3.63, 3.8) is 0 Å². The van der Waals surface area contributed by atoms with Crippen molar-refractivity contribution in [2.45, 2.75) is 46.1 Å². The maximum Gasteiger partial charge on any atom is 0.274 e. The molecule has 0 atom stereocenters. The number of nitrogens with two attached hydrogens (primary N) is 1. The van der Waals surface area contributed by atoms with Gasteiger partial charge in [-0.15, -0.1) is 0 Å². The lowest BCUT2D eigenvalue weighted by atomic mass is 10.2. The van der Waals surface area contributed by atoms with Gasteiger partial charge in [0.1, 0.15) is 5.69 Å². The van der Waals surface area contributed by atoms with Crippen molar-refractivity contribution in [2.75, 3.05) is 25.4 Å². The minimum atomic E-state index is -0.146. The second kappa shape index (κ2) is 8.58. The van der Waals surface area contributed by atoms with Crippen LogP contribution in [0, 0.1) is 0 Å². The predicted molar refractivity (Wildman–Crippen MR) is 79.4 cm³/mol. The average Bonchev–Trinajstić information content (AvgIpc) is 2.82. The van der Waals surface area contributed by atoms with Gasteiger partial charge in [0, 0.05) is 19.6 Å². The van der Waals surface area contributed by atoms with E-state index in [2.05, 4.69) is 12.0 Å². The lowest BCUT2D eigenvalue weighted by molar-refractivity contribution is 0.0707. The number of aromatic nitrogens is 2. The molecule has 0 radical (unpaired) electrons. The Morgan fingerprint density at radius 1 is 1.35 bits per heavy atom. The Morgan fingerprint density at radius 2 is 2.10 bits per heavy atom. The highest BCUT2D eigenvalue weighted by molar-refractivity contribution is 5.97. The van der Waals surface area contributed by atoms with E-state index in [0.29, 0.717) is 31.0 Å². The number of carbonyl (C=O) groups excluding carboxylic acids is 1. The summed E-state index contributed by atoms with van der Waals surface area (Å²) in [4.78, 5) is 14.2. The van der Waals surface area contributed by atoms with Crippen molar-refractivity contribution in [2.24, 2.45) is 0 Å². The molecule has 20 heavy (non-hydrogen) atoms. The fourth-order valence-corrected chi connectivity index (χ4v) is 2.19. The van der Waals surface area contributed by atoms with Gasteiger partial charge in [-0.05, 0) is 13.3 Å². The lowest BCUT2D eigenvalue weighted by Gasteiger charge is -2.22. The topological polar surface area (TPSA) is 84.4 Å². The summed E-state index contributed by atoms with van der Waals surface area (Å²) in [5.74, 6) is -0.146. The summed E-state index contributed by atoms with van der Waals surface area (Å²) >= 11 is 0. The van der Waals surface area contributed by atoms with Crippen LogP contribution in [0.25, 0.3) is 0 Å². The summed E-state index contributed by atoms with van der Waals surface area (Å²) in [5.41, 5.74) is 6.66. The zero-order valence-electron chi connectivity index (χ0n) is 12.5. The van der Waals surface area contributed by atoms with Crippen LogP contribution in [0.2, 0.25) is 0 Å². The third-order valence-electron chi connectivity index (χ3n) is 3.31. The molecule has 1 heterocycles. The lowest BCUT2D eigenvalue weighted by Crippen LogP contribution is -2.36.